The molecule has 0 fully saturated rings. The van der Waals surface area contributed by atoms with Gasteiger partial charge in [0.1, 0.15) is 0 Å². The summed E-state index contributed by atoms with van der Waals surface area (Å²) in [4.78, 5) is 15.9. The Labute approximate surface area is 117 Å². The van der Waals surface area contributed by atoms with Crippen LogP contribution in [0.4, 0.5) is 15.8 Å². The molecule has 1 heterocycles. The van der Waals surface area contributed by atoms with Gasteiger partial charge < -0.3 is 10.6 Å². The van der Waals surface area contributed by atoms with Crippen molar-refractivity contribution in [1.82, 2.24) is 4.98 Å². The first-order valence-electron chi connectivity index (χ1n) is 6.34. The van der Waals surface area contributed by atoms with Crippen molar-refractivity contribution < 1.29 is 9.18 Å². The third kappa shape index (κ3) is 3.32. The maximum atomic E-state index is 13.5. The highest BCUT2D eigenvalue weighted by molar-refractivity contribution is 6.08. The second-order valence-electron chi connectivity index (χ2n) is 4.65. The lowest BCUT2D eigenvalue weighted by Crippen LogP contribution is -2.18. The molecule has 1 aromatic carbocycles. The number of para-hydroxylation sites is 1. The molecule has 2 N–H and O–H groups in total. The van der Waals surface area contributed by atoms with Gasteiger partial charge in [-0.05, 0) is 32.0 Å². The fourth-order valence-electron chi connectivity index (χ4n) is 1.78. The minimum absolute atomic E-state index is 0.115. The Morgan fingerprint density at radius 1 is 1.20 bits per heavy atom. The molecule has 0 aliphatic heterocycles. The van der Waals surface area contributed by atoms with Gasteiger partial charge in [-0.25, -0.2) is 4.39 Å². The fourth-order valence-corrected chi connectivity index (χ4v) is 1.78. The van der Waals surface area contributed by atoms with Crippen molar-refractivity contribution in [2.24, 2.45) is 0 Å². The molecular formula is C15H16FN3O. The normalized spacial score (nSPS) is 10.4. The second-order valence-corrected chi connectivity index (χ2v) is 4.65. The summed E-state index contributed by atoms with van der Waals surface area (Å²) in [5.41, 5.74) is 1.30. The average Bonchev–Trinajstić information content (AvgIpc) is 2.41. The van der Waals surface area contributed by atoms with Gasteiger partial charge in [0.05, 0.1) is 17.4 Å². The van der Waals surface area contributed by atoms with Crippen LogP contribution in [-0.4, -0.2) is 16.9 Å². The van der Waals surface area contributed by atoms with Gasteiger partial charge in [-0.3, -0.25) is 9.78 Å². The number of nitrogens with zero attached hydrogens (tertiary/aromatic N) is 1. The van der Waals surface area contributed by atoms with Crippen LogP contribution in [0.5, 0.6) is 0 Å². The Morgan fingerprint density at radius 2 is 1.95 bits per heavy atom. The monoisotopic (exact) mass is 273 g/mol. The van der Waals surface area contributed by atoms with Gasteiger partial charge in [0.25, 0.3) is 5.91 Å². The van der Waals surface area contributed by atoms with E-state index in [1.165, 1.54) is 12.3 Å². The number of benzene rings is 1. The summed E-state index contributed by atoms with van der Waals surface area (Å²) in [6, 6.07) is 8.74. The van der Waals surface area contributed by atoms with Crippen molar-refractivity contribution in [2.75, 3.05) is 10.6 Å². The lowest BCUT2D eigenvalue weighted by molar-refractivity contribution is 0.102. The Hall–Kier alpha value is -2.43. The number of nitrogens with one attached hydrogen (secondary N) is 2. The molecule has 0 radical (unpaired) electrons. The number of halogens is 1. The molecule has 2 aromatic rings. The van der Waals surface area contributed by atoms with Gasteiger partial charge in [-0.15, -0.1) is 0 Å². The highest BCUT2D eigenvalue weighted by atomic mass is 19.1. The molecule has 0 aliphatic rings. The highest BCUT2D eigenvalue weighted by Gasteiger charge is 2.13. The molecule has 0 atom stereocenters. The van der Waals surface area contributed by atoms with E-state index in [1.807, 2.05) is 26.0 Å². The van der Waals surface area contributed by atoms with E-state index < -0.39 is 5.82 Å². The van der Waals surface area contributed by atoms with E-state index in [4.69, 9.17) is 0 Å². The van der Waals surface area contributed by atoms with Crippen LogP contribution in [0.2, 0.25) is 0 Å². The van der Waals surface area contributed by atoms with Gasteiger partial charge in [0, 0.05) is 17.9 Å². The number of carbonyl (C=O) groups is 1. The summed E-state index contributed by atoms with van der Waals surface area (Å²) in [7, 11) is 0. The maximum Gasteiger partial charge on any atom is 0.257 e. The number of carbonyl (C=O) groups excluding carboxylic acids is 1. The quantitative estimate of drug-likeness (QED) is 0.898. The van der Waals surface area contributed by atoms with Gasteiger partial charge in [0.15, 0.2) is 5.82 Å². The molecule has 1 amide bonds. The molecule has 0 bridgehead atoms. The summed E-state index contributed by atoms with van der Waals surface area (Å²) >= 11 is 0. The number of anilines is 2. The van der Waals surface area contributed by atoms with Gasteiger partial charge in [-0.2, -0.15) is 0 Å². The first-order valence-corrected chi connectivity index (χ1v) is 6.34. The van der Waals surface area contributed by atoms with E-state index in [0.717, 1.165) is 11.9 Å². The van der Waals surface area contributed by atoms with Crippen molar-refractivity contribution in [3.8, 4) is 0 Å². The average molecular weight is 273 g/mol. The van der Waals surface area contributed by atoms with Crippen LogP contribution >= 0.6 is 0 Å². The Morgan fingerprint density at radius 3 is 2.65 bits per heavy atom. The van der Waals surface area contributed by atoms with Crippen molar-refractivity contribution >= 4 is 17.3 Å². The second kappa shape index (κ2) is 6.14. The van der Waals surface area contributed by atoms with Crippen LogP contribution in [0, 0.1) is 5.82 Å². The van der Waals surface area contributed by atoms with Crippen molar-refractivity contribution in [3.05, 3.63) is 54.1 Å². The molecule has 4 nitrogen and oxygen atoms in total. The highest BCUT2D eigenvalue weighted by Crippen LogP contribution is 2.19. The van der Waals surface area contributed by atoms with Crippen LogP contribution in [0.15, 0.2) is 42.7 Å². The van der Waals surface area contributed by atoms with E-state index >= 15 is 0 Å². The van der Waals surface area contributed by atoms with Crippen molar-refractivity contribution in [2.45, 2.75) is 19.9 Å². The number of hydrogen-bond donors (Lipinski definition) is 2. The first-order chi connectivity index (χ1) is 9.58. The van der Waals surface area contributed by atoms with Crippen molar-refractivity contribution in [1.29, 1.82) is 0 Å². The van der Waals surface area contributed by atoms with Crippen molar-refractivity contribution in [3.63, 3.8) is 0 Å². The van der Waals surface area contributed by atoms with Gasteiger partial charge in [0.2, 0.25) is 0 Å². The van der Waals surface area contributed by atoms with E-state index in [0.29, 0.717) is 5.56 Å². The Bertz CT molecular complexity index is 614. The third-order valence-electron chi connectivity index (χ3n) is 2.64. The predicted octanol–water partition coefficient (Wildman–Crippen LogP) is 3.29. The number of aromatic nitrogens is 1. The zero-order valence-corrected chi connectivity index (χ0v) is 11.4. The first kappa shape index (κ1) is 14.0. The number of amides is 1. The molecule has 104 valence electrons. The Balaban J connectivity index is 2.23. The van der Waals surface area contributed by atoms with E-state index in [9.17, 15) is 9.18 Å². The largest absolute Gasteiger partial charge is 0.382 e. The molecular weight excluding hydrogens is 257 g/mol. The molecule has 0 spiro atoms. The van der Waals surface area contributed by atoms with Crippen LogP contribution in [0.1, 0.15) is 24.2 Å². The summed E-state index contributed by atoms with van der Waals surface area (Å²) in [5.74, 6) is -0.922. The SMILES string of the molecule is CC(C)Nc1ccccc1C(=O)Nc1ccncc1F. The standard InChI is InChI=1S/C15H16FN3O/c1-10(2)18-13-6-4-3-5-11(13)15(20)19-14-7-8-17-9-12(14)16/h3-10,18H,1-2H3,(H,17,19,20). The molecule has 1 aromatic heterocycles. The molecule has 2 rings (SSSR count). The third-order valence-corrected chi connectivity index (χ3v) is 2.64. The number of rotatable bonds is 4. The summed E-state index contributed by atoms with van der Waals surface area (Å²) < 4.78 is 13.5. The number of hydrogen-bond acceptors (Lipinski definition) is 3. The number of pyridine rings is 1. The van der Waals surface area contributed by atoms with Gasteiger partial charge in [-0.1, -0.05) is 12.1 Å². The van der Waals surface area contributed by atoms with E-state index in [1.54, 1.807) is 12.1 Å². The predicted molar refractivity (Wildman–Crippen MR) is 77.3 cm³/mol. The van der Waals surface area contributed by atoms with Crippen LogP contribution < -0.4 is 10.6 Å². The zero-order chi connectivity index (χ0) is 14.5. The smallest absolute Gasteiger partial charge is 0.257 e. The minimum atomic E-state index is -0.560. The van der Waals surface area contributed by atoms with Gasteiger partial charge >= 0.3 is 0 Å². The van der Waals surface area contributed by atoms with Crippen LogP contribution in [-0.2, 0) is 0 Å². The van der Waals surface area contributed by atoms with E-state index in [2.05, 4.69) is 15.6 Å². The molecule has 5 heteroatoms. The van der Waals surface area contributed by atoms with Crippen LogP contribution in [0.3, 0.4) is 0 Å². The van der Waals surface area contributed by atoms with Crippen LogP contribution in [0.25, 0.3) is 0 Å². The zero-order valence-electron chi connectivity index (χ0n) is 11.4. The maximum absolute atomic E-state index is 13.5. The molecule has 20 heavy (non-hydrogen) atoms. The lowest BCUT2D eigenvalue weighted by atomic mass is 10.1. The molecule has 0 unspecified atom stereocenters. The lowest BCUT2D eigenvalue weighted by Gasteiger charge is -2.14. The fraction of sp³-hybridized carbons (Fsp3) is 0.200. The topological polar surface area (TPSA) is 54.0 Å². The molecule has 0 saturated heterocycles. The summed E-state index contributed by atoms with van der Waals surface area (Å²) in [6.07, 6.45) is 2.49. The summed E-state index contributed by atoms with van der Waals surface area (Å²) in [5, 5.41) is 5.73. The molecule has 0 saturated carbocycles. The summed E-state index contributed by atoms with van der Waals surface area (Å²) in [6.45, 7) is 3.97. The molecule has 0 aliphatic carbocycles. The minimum Gasteiger partial charge on any atom is -0.382 e. The Kier molecular flexibility index (Phi) is 4.30. The van der Waals surface area contributed by atoms with E-state index in [-0.39, 0.29) is 17.6 Å².